The van der Waals surface area contributed by atoms with Gasteiger partial charge in [-0.15, -0.1) is 0 Å². The number of halogens is 3. The molecule has 1 aromatic heterocycles. The Morgan fingerprint density at radius 2 is 2.09 bits per heavy atom. The number of anilines is 2. The molecule has 120 valence electrons. The highest BCUT2D eigenvalue weighted by Crippen LogP contribution is 2.29. The van der Waals surface area contributed by atoms with E-state index >= 15 is 0 Å². The van der Waals surface area contributed by atoms with Gasteiger partial charge in [0.1, 0.15) is 11.4 Å². The van der Waals surface area contributed by atoms with Gasteiger partial charge in [0, 0.05) is 22.6 Å². The first kappa shape index (κ1) is 16.1. The van der Waals surface area contributed by atoms with Crippen LogP contribution in [-0.4, -0.2) is 24.0 Å². The van der Waals surface area contributed by atoms with Gasteiger partial charge in [0.2, 0.25) is 0 Å². The molecule has 0 unspecified atom stereocenters. The third kappa shape index (κ3) is 3.13. The maximum atomic E-state index is 14.6. The molecule has 8 heteroatoms. The van der Waals surface area contributed by atoms with E-state index in [4.69, 9.17) is 5.73 Å². The molecule has 1 saturated heterocycles. The van der Waals surface area contributed by atoms with E-state index in [1.807, 2.05) is 22.6 Å². The number of amides is 1. The summed E-state index contributed by atoms with van der Waals surface area (Å²) >= 11 is 1.98. The lowest BCUT2D eigenvalue weighted by Crippen LogP contribution is -2.41. The zero-order valence-corrected chi connectivity index (χ0v) is 14.0. The minimum Gasteiger partial charge on any atom is -0.365 e. The standard InChI is InChI=1S/C15H13F2IN4O/c16-9-3-8(18)1-2-10(9)22-11-6-21-14(7-4-20-5-7)13(17)12(11)15(19)23/h1-3,6-7,20,22H,4-5H2,(H2,19,23). The molecule has 0 radical (unpaired) electrons. The fraction of sp³-hybridized carbons (Fsp3) is 0.200. The first-order valence-corrected chi connectivity index (χ1v) is 7.96. The predicted molar refractivity (Wildman–Crippen MR) is 90.7 cm³/mol. The average molecular weight is 430 g/mol. The van der Waals surface area contributed by atoms with Gasteiger partial charge >= 0.3 is 0 Å². The minimum atomic E-state index is -0.924. The van der Waals surface area contributed by atoms with E-state index in [0.717, 1.165) is 3.57 Å². The molecule has 1 amide bonds. The van der Waals surface area contributed by atoms with Crippen LogP contribution in [0.15, 0.2) is 24.4 Å². The van der Waals surface area contributed by atoms with Gasteiger partial charge in [-0.05, 0) is 40.8 Å². The normalized spacial score (nSPS) is 14.4. The molecular weight excluding hydrogens is 417 g/mol. The van der Waals surface area contributed by atoms with E-state index in [1.165, 1.54) is 18.3 Å². The zero-order chi connectivity index (χ0) is 16.6. The summed E-state index contributed by atoms with van der Waals surface area (Å²) in [7, 11) is 0. The number of benzene rings is 1. The summed E-state index contributed by atoms with van der Waals surface area (Å²) in [5, 5.41) is 5.71. The lowest BCUT2D eigenvalue weighted by atomic mass is 9.96. The molecule has 1 aliphatic heterocycles. The van der Waals surface area contributed by atoms with Gasteiger partial charge in [-0.3, -0.25) is 9.78 Å². The third-order valence-corrected chi connectivity index (χ3v) is 4.33. The summed E-state index contributed by atoms with van der Waals surface area (Å²) in [6.07, 6.45) is 1.31. The van der Waals surface area contributed by atoms with Gasteiger partial charge in [-0.2, -0.15) is 0 Å². The van der Waals surface area contributed by atoms with Crippen molar-refractivity contribution in [3.63, 3.8) is 0 Å². The van der Waals surface area contributed by atoms with E-state index in [2.05, 4.69) is 15.6 Å². The topological polar surface area (TPSA) is 80.0 Å². The number of rotatable bonds is 4. The summed E-state index contributed by atoms with van der Waals surface area (Å²) in [5.41, 5.74) is 5.36. The Labute approximate surface area is 144 Å². The molecule has 0 spiro atoms. The molecule has 23 heavy (non-hydrogen) atoms. The van der Waals surface area contributed by atoms with Crippen LogP contribution in [0, 0.1) is 15.2 Å². The molecule has 2 heterocycles. The van der Waals surface area contributed by atoms with Gasteiger partial charge in [0.25, 0.3) is 5.91 Å². The van der Waals surface area contributed by atoms with Crippen LogP contribution >= 0.6 is 22.6 Å². The molecule has 2 aromatic rings. The maximum absolute atomic E-state index is 14.6. The van der Waals surface area contributed by atoms with Crippen LogP contribution in [0.4, 0.5) is 20.2 Å². The summed E-state index contributed by atoms with van der Waals surface area (Å²) in [6, 6.07) is 4.52. The number of nitrogens with one attached hydrogen (secondary N) is 2. The van der Waals surface area contributed by atoms with Gasteiger partial charge in [0.15, 0.2) is 5.82 Å². The van der Waals surface area contributed by atoms with Crippen molar-refractivity contribution in [2.75, 3.05) is 18.4 Å². The Morgan fingerprint density at radius 3 is 2.65 bits per heavy atom. The second-order valence-corrected chi connectivity index (χ2v) is 6.46. The maximum Gasteiger partial charge on any atom is 0.253 e. The van der Waals surface area contributed by atoms with Crippen molar-refractivity contribution in [2.45, 2.75) is 5.92 Å². The highest BCUT2D eigenvalue weighted by Gasteiger charge is 2.28. The molecule has 0 bridgehead atoms. The Bertz CT molecular complexity index is 780. The first-order valence-electron chi connectivity index (χ1n) is 6.88. The van der Waals surface area contributed by atoms with Crippen molar-refractivity contribution >= 4 is 39.9 Å². The number of primary amides is 1. The Balaban J connectivity index is 2.01. The van der Waals surface area contributed by atoms with E-state index in [1.54, 1.807) is 6.07 Å². The van der Waals surface area contributed by atoms with Crippen LogP contribution in [0.3, 0.4) is 0 Å². The zero-order valence-electron chi connectivity index (χ0n) is 11.9. The summed E-state index contributed by atoms with van der Waals surface area (Å²) in [5.74, 6) is -2.27. The van der Waals surface area contributed by atoms with Gasteiger partial charge in [-0.25, -0.2) is 8.78 Å². The first-order chi connectivity index (χ1) is 11.0. The Morgan fingerprint density at radius 1 is 1.35 bits per heavy atom. The molecule has 1 aliphatic rings. The Hall–Kier alpha value is -1.81. The number of hydrogen-bond donors (Lipinski definition) is 3. The van der Waals surface area contributed by atoms with Crippen LogP contribution in [0.1, 0.15) is 22.0 Å². The number of nitrogens with zero attached hydrogens (tertiary/aromatic N) is 1. The second kappa shape index (κ2) is 6.36. The molecule has 4 N–H and O–H groups in total. The number of pyridine rings is 1. The molecule has 0 saturated carbocycles. The lowest BCUT2D eigenvalue weighted by molar-refractivity contribution is 0.0996. The van der Waals surface area contributed by atoms with Crippen molar-refractivity contribution in [1.29, 1.82) is 0 Å². The largest absolute Gasteiger partial charge is 0.365 e. The smallest absolute Gasteiger partial charge is 0.253 e. The number of aromatic nitrogens is 1. The molecule has 0 atom stereocenters. The van der Waals surface area contributed by atoms with Crippen LogP contribution in [0.2, 0.25) is 0 Å². The summed E-state index contributed by atoms with van der Waals surface area (Å²) in [4.78, 5) is 15.7. The quantitative estimate of drug-likeness (QED) is 0.652. The highest BCUT2D eigenvalue weighted by molar-refractivity contribution is 14.1. The fourth-order valence-corrected chi connectivity index (χ4v) is 2.79. The average Bonchev–Trinajstić information content (AvgIpc) is 2.42. The van der Waals surface area contributed by atoms with Crippen molar-refractivity contribution < 1.29 is 13.6 Å². The van der Waals surface area contributed by atoms with Crippen molar-refractivity contribution in [2.24, 2.45) is 5.73 Å². The van der Waals surface area contributed by atoms with E-state index < -0.39 is 17.5 Å². The number of carbonyl (C=O) groups excluding carboxylic acids is 1. The molecule has 0 aliphatic carbocycles. The van der Waals surface area contributed by atoms with E-state index in [-0.39, 0.29) is 28.6 Å². The molecule has 3 rings (SSSR count). The molecule has 1 fully saturated rings. The summed E-state index contributed by atoms with van der Waals surface area (Å²) < 4.78 is 29.3. The van der Waals surface area contributed by atoms with Crippen molar-refractivity contribution in [1.82, 2.24) is 10.3 Å². The van der Waals surface area contributed by atoms with E-state index in [0.29, 0.717) is 13.1 Å². The van der Waals surface area contributed by atoms with Crippen LogP contribution in [-0.2, 0) is 0 Å². The highest BCUT2D eigenvalue weighted by atomic mass is 127. The monoisotopic (exact) mass is 430 g/mol. The number of nitrogens with two attached hydrogens (primary N) is 1. The number of hydrogen-bond acceptors (Lipinski definition) is 4. The van der Waals surface area contributed by atoms with Gasteiger partial charge in [0.05, 0.1) is 23.3 Å². The van der Waals surface area contributed by atoms with Gasteiger partial charge < -0.3 is 16.4 Å². The summed E-state index contributed by atoms with van der Waals surface area (Å²) in [6.45, 7) is 1.20. The minimum absolute atomic E-state index is 0.0474. The van der Waals surface area contributed by atoms with Gasteiger partial charge in [-0.1, -0.05) is 0 Å². The van der Waals surface area contributed by atoms with Crippen molar-refractivity contribution in [3.05, 3.63) is 50.9 Å². The van der Waals surface area contributed by atoms with Crippen LogP contribution < -0.4 is 16.4 Å². The second-order valence-electron chi connectivity index (χ2n) is 5.21. The van der Waals surface area contributed by atoms with Crippen molar-refractivity contribution in [3.8, 4) is 0 Å². The third-order valence-electron chi connectivity index (χ3n) is 3.66. The van der Waals surface area contributed by atoms with Crippen LogP contribution in [0.5, 0.6) is 0 Å². The van der Waals surface area contributed by atoms with Crippen LogP contribution in [0.25, 0.3) is 0 Å². The molecular formula is C15H13F2IN4O. The van der Waals surface area contributed by atoms with E-state index in [9.17, 15) is 13.6 Å². The molecule has 1 aromatic carbocycles. The Kier molecular flexibility index (Phi) is 4.44. The fourth-order valence-electron chi connectivity index (χ4n) is 2.34. The SMILES string of the molecule is NC(=O)c1c(Nc2ccc(I)cc2F)cnc(C2CNC2)c1F. The number of carbonyl (C=O) groups is 1. The molecule has 5 nitrogen and oxygen atoms in total. The lowest BCUT2D eigenvalue weighted by Gasteiger charge is -2.27. The predicted octanol–water partition coefficient (Wildman–Crippen LogP) is 2.49.